The number of aromatic nitrogens is 1. The molecule has 5 heteroatoms. The summed E-state index contributed by atoms with van der Waals surface area (Å²) in [5.74, 6) is 0.274. The van der Waals surface area contributed by atoms with Gasteiger partial charge in [0.1, 0.15) is 5.75 Å². The maximum atomic E-state index is 12.3. The van der Waals surface area contributed by atoms with Crippen LogP contribution in [0, 0.1) is 0 Å². The minimum absolute atomic E-state index is 0.168. The third kappa shape index (κ3) is 3.70. The first-order valence-corrected chi connectivity index (χ1v) is 5.88. The highest BCUT2D eigenvalue weighted by Gasteiger charge is 2.24. The number of pyridine rings is 1. The zero-order chi connectivity index (χ0) is 13.8. The molecular formula is C13H20N2O3. The van der Waals surface area contributed by atoms with Crippen molar-refractivity contribution in [3.05, 3.63) is 24.0 Å². The molecule has 0 atom stereocenters. The summed E-state index contributed by atoms with van der Waals surface area (Å²) in [6, 6.07) is 1.62. The lowest BCUT2D eigenvalue weighted by molar-refractivity contribution is 0.0313. The van der Waals surface area contributed by atoms with E-state index in [0.29, 0.717) is 17.9 Å². The molecule has 1 heterocycles. The van der Waals surface area contributed by atoms with Crippen molar-refractivity contribution in [1.82, 2.24) is 9.88 Å². The molecule has 0 saturated carbocycles. The monoisotopic (exact) mass is 252 g/mol. The Balaban J connectivity index is 2.97. The Morgan fingerprint density at radius 1 is 1.56 bits per heavy atom. The Morgan fingerprint density at radius 3 is 2.72 bits per heavy atom. The highest BCUT2D eigenvalue weighted by Crippen LogP contribution is 2.19. The fraction of sp³-hybridized carbons (Fsp3) is 0.538. The number of ether oxygens (including phenoxy) is 1. The van der Waals surface area contributed by atoms with E-state index in [1.807, 2.05) is 6.92 Å². The van der Waals surface area contributed by atoms with Crippen LogP contribution in [0.5, 0.6) is 5.75 Å². The number of carbonyl (C=O) groups is 1. The van der Waals surface area contributed by atoms with Gasteiger partial charge in [0.15, 0.2) is 0 Å². The molecule has 0 aromatic carbocycles. The SMILES string of the molecule is CCN(CC(C)(C)O)C(=O)c1ccncc1OC. The first kappa shape index (κ1) is 14.4. The first-order valence-electron chi connectivity index (χ1n) is 5.88. The lowest BCUT2D eigenvalue weighted by Gasteiger charge is -2.28. The molecule has 0 saturated heterocycles. The molecule has 0 spiro atoms. The number of hydrogen-bond acceptors (Lipinski definition) is 4. The number of hydrogen-bond donors (Lipinski definition) is 1. The third-order valence-corrected chi connectivity index (χ3v) is 2.48. The van der Waals surface area contributed by atoms with Crippen molar-refractivity contribution in [2.45, 2.75) is 26.4 Å². The van der Waals surface area contributed by atoms with E-state index in [4.69, 9.17) is 4.74 Å². The van der Waals surface area contributed by atoms with Gasteiger partial charge in [0, 0.05) is 19.3 Å². The van der Waals surface area contributed by atoms with Crippen LogP contribution in [0.3, 0.4) is 0 Å². The molecule has 5 nitrogen and oxygen atoms in total. The van der Waals surface area contributed by atoms with Crippen molar-refractivity contribution in [2.75, 3.05) is 20.2 Å². The number of carbonyl (C=O) groups excluding carboxylic acids is 1. The first-order chi connectivity index (χ1) is 8.39. The van der Waals surface area contributed by atoms with E-state index in [1.165, 1.54) is 13.3 Å². The molecule has 1 N–H and O–H groups in total. The van der Waals surface area contributed by atoms with Gasteiger partial charge >= 0.3 is 0 Å². The van der Waals surface area contributed by atoms with Gasteiger partial charge in [-0.15, -0.1) is 0 Å². The highest BCUT2D eigenvalue weighted by molar-refractivity contribution is 5.96. The molecule has 100 valence electrons. The number of rotatable bonds is 5. The van der Waals surface area contributed by atoms with Crippen LogP contribution >= 0.6 is 0 Å². The standard InChI is InChI=1S/C13H20N2O3/c1-5-15(9-13(2,3)17)12(16)10-6-7-14-8-11(10)18-4/h6-8,17H,5,9H2,1-4H3. The van der Waals surface area contributed by atoms with Crippen molar-refractivity contribution in [2.24, 2.45) is 0 Å². The molecule has 1 rings (SSSR count). The fourth-order valence-electron chi connectivity index (χ4n) is 1.68. The summed E-state index contributed by atoms with van der Waals surface area (Å²) in [6.07, 6.45) is 3.05. The predicted molar refractivity (Wildman–Crippen MR) is 68.7 cm³/mol. The second-order valence-electron chi connectivity index (χ2n) is 4.71. The van der Waals surface area contributed by atoms with Crippen molar-refractivity contribution in [3.63, 3.8) is 0 Å². The topological polar surface area (TPSA) is 62.7 Å². The summed E-state index contributed by atoms with van der Waals surface area (Å²) in [5, 5.41) is 9.80. The quantitative estimate of drug-likeness (QED) is 0.858. The van der Waals surface area contributed by atoms with Gasteiger partial charge in [-0.2, -0.15) is 0 Å². The Morgan fingerprint density at radius 2 is 2.22 bits per heavy atom. The highest BCUT2D eigenvalue weighted by atomic mass is 16.5. The van der Waals surface area contributed by atoms with Gasteiger partial charge in [-0.3, -0.25) is 9.78 Å². The van der Waals surface area contributed by atoms with Crippen LogP contribution < -0.4 is 4.74 Å². The van der Waals surface area contributed by atoms with Crippen molar-refractivity contribution < 1.29 is 14.6 Å². The van der Waals surface area contributed by atoms with E-state index in [9.17, 15) is 9.90 Å². The smallest absolute Gasteiger partial charge is 0.257 e. The van der Waals surface area contributed by atoms with Gasteiger partial charge in [-0.1, -0.05) is 0 Å². The second kappa shape index (κ2) is 5.82. The molecule has 1 aromatic heterocycles. The summed E-state index contributed by atoms with van der Waals surface area (Å²) < 4.78 is 5.12. The van der Waals surface area contributed by atoms with Crippen LogP contribution in [0.15, 0.2) is 18.5 Å². The minimum Gasteiger partial charge on any atom is -0.494 e. The number of amides is 1. The van der Waals surface area contributed by atoms with E-state index >= 15 is 0 Å². The molecule has 0 aliphatic rings. The maximum Gasteiger partial charge on any atom is 0.257 e. The molecule has 0 fully saturated rings. The van der Waals surface area contributed by atoms with Gasteiger partial charge < -0.3 is 14.7 Å². The molecule has 0 unspecified atom stereocenters. The molecular weight excluding hydrogens is 232 g/mol. The lowest BCUT2D eigenvalue weighted by atomic mass is 10.1. The van der Waals surface area contributed by atoms with Gasteiger partial charge in [-0.25, -0.2) is 0 Å². The Kier molecular flexibility index (Phi) is 4.67. The Bertz CT molecular complexity index is 413. The fourth-order valence-corrected chi connectivity index (χ4v) is 1.68. The van der Waals surface area contributed by atoms with E-state index in [0.717, 1.165) is 0 Å². The summed E-state index contributed by atoms with van der Waals surface area (Å²) in [7, 11) is 1.50. The van der Waals surface area contributed by atoms with Crippen molar-refractivity contribution in [3.8, 4) is 5.75 Å². The molecule has 1 aromatic rings. The predicted octanol–water partition coefficient (Wildman–Crippen LogP) is 1.32. The zero-order valence-corrected chi connectivity index (χ0v) is 11.3. The van der Waals surface area contributed by atoms with Gasteiger partial charge in [-0.05, 0) is 26.8 Å². The van der Waals surface area contributed by atoms with Crippen LogP contribution in [-0.2, 0) is 0 Å². The Hall–Kier alpha value is -1.62. The van der Waals surface area contributed by atoms with Crippen LogP contribution in [0.2, 0.25) is 0 Å². The largest absolute Gasteiger partial charge is 0.494 e. The maximum absolute atomic E-state index is 12.3. The van der Waals surface area contributed by atoms with Crippen molar-refractivity contribution in [1.29, 1.82) is 0 Å². The van der Waals surface area contributed by atoms with E-state index in [2.05, 4.69) is 4.98 Å². The molecule has 0 aliphatic carbocycles. The normalized spacial score (nSPS) is 11.2. The molecule has 0 aliphatic heterocycles. The number of aliphatic hydroxyl groups is 1. The van der Waals surface area contributed by atoms with E-state index in [1.54, 1.807) is 31.0 Å². The van der Waals surface area contributed by atoms with Crippen LogP contribution in [-0.4, -0.2) is 46.7 Å². The summed E-state index contributed by atoms with van der Waals surface area (Å²) in [4.78, 5) is 17.8. The van der Waals surface area contributed by atoms with E-state index in [-0.39, 0.29) is 12.5 Å². The van der Waals surface area contributed by atoms with Crippen LogP contribution in [0.4, 0.5) is 0 Å². The average Bonchev–Trinajstić information content (AvgIpc) is 2.34. The molecule has 0 bridgehead atoms. The van der Waals surface area contributed by atoms with Gasteiger partial charge in [0.05, 0.1) is 24.5 Å². The molecule has 1 amide bonds. The van der Waals surface area contributed by atoms with Crippen LogP contribution in [0.25, 0.3) is 0 Å². The number of likely N-dealkylation sites (N-methyl/N-ethyl adjacent to an activating group) is 1. The van der Waals surface area contributed by atoms with Crippen LogP contribution in [0.1, 0.15) is 31.1 Å². The molecule has 18 heavy (non-hydrogen) atoms. The number of nitrogens with zero attached hydrogens (tertiary/aromatic N) is 2. The zero-order valence-electron chi connectivity index (χ0n) is 11.3. The Labute approximate surface area is 107 Å². The summed E-state index contributed by atoms with van der Waals surface area (Å²) in [6.45, 7) is 6.01. The minimum atomic E-state index is -0.925. The number of methoxy groups -OCH3 is 1. The second-order valence-corrected chi connectivity index (χ2v) is 4.71. The third-order valence-electron chi connectivity index (χ3n) is 2.48. The average molecular weight is 252 g/mol. The van der Waals surface area contributed by atoms with Gasteiger partial charge in [0.25, 0.3) is 5.91 Å². The van der Waals surface area contributed by atoms with Crippen molar-refractivity contribution >= 4 is 5.91 Å². The summed E-state index contributed by atoms with van der Waals surface area (Å²) in [5.41, 5.74) is -0.468. The summed E-state index contributed by atoms with van der Waals surface area (Å²) >= 11 is 0. The van der Waals surface area contributed by atoms with E-state index < -0.39 is 5.60 Å². The molecule has 0 radical (unpaired) electrons. The van der Waals surface area contributed by atoms with Gasteiger partial charge in [0.2, 0.25) is 0 Å². The lowest BCUT2D eigenvalue weighted by Crippen LogP contribution is -2.42.